The van der Waals surface area contributed by atoms with Crippen molar-refractivity contribution >= 4 is 58.0 Å². The average molecular weight is 515 g/mol. The standard InChI is InChI=1S/2C12H14O3S.Ca/c2*1-6-3-9-8(6)5-11(16(13,14)15)10-4-7(2)12(9)10;/h2*5-7H,3-4H2,1-2H3,(H,13,14,15);/q;;+2/p-2. The van der Waals surface area contributed by atoms with Gasteiger partial charge in [0.2, 0.25) is 0 Å². The van der Waals surface area contributed by atoms with Crippen molar-refractivity contribution in [3.8, 4) is 0 Å². The number of hydrogen-bond donors (Lipinski definition) is 0. The number of fused-ring (bicyclic) bond motifs is 6. The minimum Gasteiger partial charge on any atom is -0.744 e. The third-order valence-electron chi connectivity index (χ3n) is 7.79. The van der Waals surface area contributed by atoms with Gasteiger partial charge in [-0.15, -0.1) is 0 Å². The summed E-state index contributed by atoms with van der Waals surface area (Å²) in [5.74, 6) is 1.62. The third-order valence-corrected chi connectivity index (χ3v) is 9.60. The summed E-state index contributed by atoms with van der Waals surface area (Å²) < 4.78 is 67.1. The van der Waals surface area contributed by atoms with Crippen molar-refractivity contribution in [1.82, 2.24) is 0 Å². The number of benzene rings is 2. The van der Waals surface area contributed by atoms with Crippen LogP contribution in [0.2, 0.25) is 0 Å². The van der Waals surface area contributed by atoms with Gasteiger partial charge in [0, 0.05) is 0 Å². The van der Waals surface area contributed by atoms with Gasteiger partial charge in [0.05, 0.1) is 9.79 Å². The second-order valence-corrected chi connectivity index (χ2v) is 12.7. The van der Waals surface area contributed by atoms with E-state index in [2.05, 4.69) is 27.7 Å². The summed E-state index contributed by atoms with van der Waals surface area (Å²) in [6.45, 7) is 8.32. The largest absolute Gasteiger partial charge is 2.00 e. The second kappa shape index (κ2) is 8.29. The predicted molar refractivity (Wildman–Crippen MR) is 123 cm³/mol. The molecule has 0 spiro atoms. The summed E-state index contributed by atoms with van der Waals surface area (Å²) in [5.41, 5.74) is 8.60. The van der Waals surface area contributed by atoms with Crippen molar-refractivity contribution < 1.29 is 25.9 Å². The Kier molecular flexibility index (Phi) is 6.43. The van der Waals surface area contributed by atoms with E-state index in [4.69, 9.17) is 0 Å². The predicted octanol–water partition coefficient (Wildman–Crippen LogP) is 3.44. The third kappa shape index (κ3) is 3.94. The van der Waals surface area contributed by atoms with Gasteiger partial charge in [-0.25, -0.2) is 16.8 Å². The van der Waals surface area contributed by atoms with Crippen LogP contribution in [0.25, 0.3) is 0 Å². The molecule has 4 unspecified atom stereocenters. The monoisotopic (exact) mass is 514 g/mol. The Bertz CT molecular complexity index is 1290. The fourth-order valence-corrected chi connectivity index (χ4v) is 7.62. The summed E-state index contributed by atoms with van der Waals surface area (Å²) >= 11 is 0. The van der Waals surface area contributed by atoms with Crippen LogP contribution < -0.4 is 0 Å². The first kappa shape index (κ1) is 25.6. The van der Waals surface area contributed by atoms with E-state index in [-0.39, 0.29) is 47.5 Å². The van der Waals surface area contributed by atoms with Gasteiger partial charge in [-0.1, -0.05) is 27.7 Å². The Labute approximate surface area is 225 Å². The minimum absolute atomic E-state index is 0. The van der Waals surface area contributed by atoms with E-state index in [1.807, 2.05) is 0 Å². The van der Waals surface area contributed by atoms with E-state index < -0.39 is 20.2 Å². The Morgan fingerprint density at radius 2 is 0.909 bits per heavy atom. The second-order valence-electron chi connectivity index (χ2n) is 10.00. The maximum Gasteiger partial charge on any atom is 2.00 e. The van der Waals surface area contributed by atoms with Crippen molar-refractivity contribution in [2.24, 2.45) is 0 Å². The van der Waals surface area contributed by atoms with Crippen LogP contribution in [0.3, 0.4) is 0 Å². The van der Waals surface area contributed by atoms with Crippen LogP contribution in [-0.4, -0.2) is 63.7 Å². The fourth-order valence-electron chi connectivity index (χ4n) is 6.09. The van der Waals surface area contributed by atoms with E-state index in [9.17, 15) is 25.9 Å². The van der Waals surface area contributed by atoms with Crippen LogP contribution in [0.5, 0.6) is 0 Å². The number of hydrogen-bond acceptors (Lipinski definition) is 6. The maximum atomic E-state index is 11.2. The fraction of sp³-hybridized carbons (Fsp3) is 0.500. The minimum atomic E-state index is -4.31. The first-order valence-corrected chi connectivity index (χ1v) is 13.9. The van der Waals surface area contributed by atoms with Crippen LogP contribution >= 0.6 is 0 Å². The molecule has 0 bridgehead atoms. The van der Waals surface area contributed by atoms with Crippen molar-refractivity contribution in [3.05, 3.63) is 56.6 Å². The van der Waals surface area contributed by atoms with E-state index >= 15 is 0 Å². The van der Waals surface area contributed by atoms with Gasteiger partial charge in [-0.2, -0.15) is 0 Å². The van der Waals surface area contributed by atoms with Crippen LogP contribution in [0.4, 0.5) is 0 Å². The zero-order valence-electron chi connectivity index (χ0n) is 19.3. The molecule has 2 aromatic rings. The van der Waals surface area contributed by atoms with Crippen LogP contribution in [-0.2, 0) is 45.9 Å². The van der Waals surface area contributed by atoms with Crippen LogP contribution in [0.1, 0.15) is 95.9 Å². The average Bonchev–Trinajstić information content (AvgIpc) is 2.63. The van der Waals surface area contributed by atoms with E-state index in [1.165, 1.54) is 11.1 Å². The zero-order chi connectivity index (χ0) is 23.3. The Hall–Kier alpha value is -0.480. The molecule has 4 atom stereocenters. The smallest absolute Gasteiger partial charge is 0.744 e. The first-order valence-electron chi connectivity index (χ1n) is 11.1. The molecule has 172 valence electrons. The molecule has 6 nitrogen and oxygen atoms in total. The summed E-state index contributed by atoms with van der Waals surface area (Å²) in [5, 5.41) is 0. The molecular formula is C24H26CaO6S2. The quantitative estimate of drug-likeness (QED) is 0.448. The molecule has 0 saturated heterocycles. The first-order chi connectivity index (χ1) is 14.8. The SMILES string of the molecule is CC1Cc2c1cc(S(=O)(=O)[O-])c1c2C(C)C1.CC1Cc2c1cc(S(=O)(=O)[O-])c1c2C(C)C1.[Ca+2]. The van der Waals surface area contributed by atoms with Crippen molar-refractivity contribution in [2.45, 2.75) is 86.8 Å². The van der Waals surface area contributed by atoms with E-state index in [0.717, 1.165) is 59.1 Å². The number of rotatable bonds is 2. The summed E-state index contributed by atoms with van der Waals surface area (Å²) in [6.07, 6.45) is 3.52. The summed E-state index contributed by atoms with van der Waals surface area (Å²) in [7, 11) is -8.61. The molecule has 2 aromatic carbocycles. The topological polar surface area (TPSA) is 114 Å². The van der Waals surface area contributed by atoms with Gasteiger partial charge in [0.15, 0.2) is 0 Å². The van der Waals surface area contributed by atoms with Gasteiger partial charge in [-0.3, -0.25) is 0 Å². The van der Waals surface area contributed by atoms with Crippen LogP contribution in [0, 0.1) is 0 Å². The van der Waals surface area contributed by atoms with Gasteiger partial charge in [-0.05, 0) is 106 Å². The van der Waals surface area contributed by atoms with E-state index in [0.29, 0.717) is 23.7 Å². The van der Waals surface area contributed by atoms with Gasteiger partial charge >= 0.3 is 37.7 Å². The van der Waals surface area contributed by atoms with Crippen molar-refractivity contribution in [3.63, 3.8) is 0 Å². The molecule has 6 rings (SSSR count). The molecule has 0 N–H and O–H groups in total. The summed E-state index contributed by atoms with van der Waals surface area (Å²) in [4.78, 5) is 0.0665. The summed E-state index contributed by atoms with van der Waals surface area (Å²) in [6, 6.07) is 3.22. The Morgan fingerprint density at radius 3 is 1.15 bits per heavy atom. The van der Waals surface area contributed by atoms with Crippen molar-refractivity contribution in [2.75, 3.05) is 0 Å². The van der Waals surface area contributed by atoms with Gasteiger partial charge in [0.1, 0.15) is 20.2 Å². The molecule has 0 heterocycles. The van der Waals surface area contributed by atoms with E-state index in [1.54, 1.807) is 12.1 Å². The normalized spacial score (nSPS) is 25.6. The van der Waals surface area contributed by atoms with Gasteiger partial charge in [0.25, 0.3) is 0 Å². The molecule has 0 fully saturated rings. The molecule has 33 heavy (non-hydrogen) atoms. The Morgan fingerprint density at radius 1 is 0.606 bits per heavy atom. The molecule has 4 aliphatic carbocycles. The molecule has 0 amide bonds. The zero-order valence-corrected chi connectivity index (χ0v) is 23.1. The molecule has 0 aliphatic heterocycles. The van der Waals surface area contributed by atoms with Crippen molar-refractivity contribution in [1.29, 1.82) is 0 Å². The van der Waals surface area contributed by atoms with Gasteiger partial charge < -0.3 is 9.11 Å². The molecule has 0 radical (unpaired) electrons. The molecular weight excluding hydrogens is 488 g/mol. The maximum absolute atomic E-state index is 11.2. The van der Waals surface area contributed by atoms with Crippen LogP contribution in [0.15, 0.2) is 21.9 Å². The Balaban J connectivity index is 0.000000152. The molecule has 0 aromatic heterocycles. The molecule has 0 saturated carbocycles. The molecule has 9 heteroatoms. The molecule has 4 aliphatic rings.